The number of aromatic nitrogens is 4. The van der Waals surface area contributed by atoms with E-state index in [1.54, 1.807) is 20.8 Å². The molecule has 0 saturated carbocycles. The lowest BCUT2D eigenvalue weighted by molar-refractivity contribution is -0.0662. The largest absolute Gasteiger partial charge is 0.509 e. The number of hydrogen-bond donors (Lipinski definition) is 0. The van der Waals surface area contributed by atoms with Gasteiger partial charge >= 0.3 is 6.16 Å². The molecule has 4 aromatic rings. The minimum Gasteiger partial charge on any atom is -0.476 e. The molecule has 0 aliphatic carbocycles. The van der Waals surface area contributed by atoms with Gasteiger partial charge in [0, 0.05) is 0 Å². The second-order valence-electron chi connectivity index (χ2n) is 13.9. The maximum Gasteiger partial charge on any atom is 0.509 e. The molecule has 258 valence electrons. The van der Waals surface area contributed by atoms with Crippen molar-refractivity contribution in [3.63, 3.8) is 0 Å². The molecule has 0 bridgehead atoms. The molecular formula is C35H44ClFN4O6Si. The van der Waals surface area contributed by atoms with E-state index in [2.05, 4.69) is 60.0 Å². The average molecular weight is 699 g/mol. The summed E-state index contributed by atoms with van der Waals surface area (Å²) >= 11 is 6.28. The number of ether oxygens (including phenoxy) is 4. The van der Waals surface area contributed by atoms with Gasteiger partial charge in [0.05, 0.1) is 19.5 Å². The van der Waals surface area contributed by atoms with Crippen LogP contribution in [0.3, 0.4) is 0 Å². The Labute approximate surface area is 287 Å². The molecule has 13 heteroatoms. The van der Waals surface area contributed by atoms with Crippen LogP contribution in [0.2, 0.25) is 10.3 Å². The van der Waals surface area contributed by atoms with Gasteiger partial charge in [-0.05, 0) is 54.2 Å². The summed E-state index contributed by atoms with van der Waals surface area (Å²) in [6.45, 7) is 13.9. The van der Waals surface area contributed by atoms with Crippen LogP contribution in [0, 0.1) is 0 Å². The van der Waals surface area contributed by atoms with Crippen molar-refractivity contribution in [1.82, 2.24) is 19.5 Å². The van der Waals surface area contributed by atoms with Crippen molar-refractivity contribution in [3.05, 3.63) is 72.3 Å². The van der Waals surface area contributed by atoms with Crippen molar-refractivity contribution in [1.29, 1.82) is 0 Å². The number of imidazole rings is 1. The molecule has 5 rings (SSSR count). The monoisotopic (exact) mass is 698 g/mol. The van der Waals surface area contributed by atoms with Crippen LogP contribution in [0.25, 0.3) is 11.2 Å². The number of unbranched alkanes of at least 4 members (excludes halogenated alkanes) is 1. The molecule has 48 heavy (non-hydrogen) atoms. The van der Waals surface area contributed by atoms with Gasteiger partial charge in [0.15, 0.2) is 29.7 Å². The fraction of sp³-hybridized carbons (Fsp3) is 0.486. The van der Waals surface area contributed by atoms with Gasteiger partial charge in [-0.1, -0.05) is 94.8 Å². The first-order valence-electron chi connectivity index (χ1n) is 16.2. The van der Waals surface area contributed by atoms with Crippen LogP contribution in [0.1, 0.15) is 67.5 Å². The van der Waals surface area contributed by atoms with Gasteiger partial charge in [-0.15, -0.1) is 0 Å². The zero-order valence-electron chi connectivity index (χ0n) is 28.5. The third-order valence-electron chi connectivity index (χ3n) is 8.14. The summed E-state index contributed by atoms with van der Waals surface area (Å²) in [6.07, 6.45) is -3.42. The summed E-state index contributed by atoms with van der Waals surface area (Å²) in [4.78, 5) is 25.9. The highest BCUT2D eigenvalue weighted by molar-refractivity contribution is 6.99. The number of carbonyl (C=O) groups is 1. The number of rotatable bonds is 11. The lowest BCUT2D eigenvalue weighted by atomic mass is 10.1. The molecule has 1 aliphatic heterocycles. The normalized spacial score (nSPS) is 20.2. The summed E-state index contributed by atoms with van der Waals surface area (Å²) in [5, 5.41) is 1.65. The predicted molar refractivity (Wildman–Crippen MR) is 184 cm³/mol. The summed E-state index contributed by atoms with van der Waals surface area (Å²) in [5.74, 6) is 0.193. The molecule has 1 aliphatic rings. The van der Waals surface area contributed by atoms with Crippen molar-refractivity contribution in [2.45, 2.75) is 96.6 Å². The molecule has 1 saturated heterocycles. The van der Waals surface area contributed by atoms with Crippen LogP contribution in [-0.2, 0) is 18.6 Å². The minimum absolute atomic E-state index is 0.0780. The van der Waals surface area contributed by atoms with Gasteiger partial charge in [-0.2, -0.15) is 9.97 Å². The zero-order chi connectivity index (χ0) is 34.7. The summed E-state index contributed by atoms with van der Waals surface area (Å²) in [7, 11) is -3.06. The van der Waals surface area contributed by atoms with Crippen molar-refractivity contribution in [2.24, 2.45) is 0 Å². The maximum absolute atomic E-state index is 16.7. The van der Waals surface area contributed by atoms with Crippen LogP contribution in [0.5, 0.6) is 5.88 Å². The first-order valence-corrected chi connectivity index (χ1v) is 18.5. The molecule has 10 nitrogen and oxygen atoms in total. The number of fused-ring (bicyclic) bond motifs is 1. The second-order valence-corrected chi connectivity index (χ2v) is 18.5. The Hall–Kier alpha value is -3.58. The smallest absolute Gasteiger partial charge is 0.476 e. The zero-order valence-corrected chi connectivity index (χ0v) is 30.2. The van der Waals surface area contributed by atoms with Gasteiger partial charge in [-0.25, -0.2) is 14.2 Å². The number of carbonyl (C=O) groups excluding carboxylic acids is 1. The van der Waals surface area contributed by atoms with E-state index in [0.29, 0.717) is 12.1 Å². The van der Waals surface area contributed by atoms with Crippen LogP contribution >= 0.6 is 11.6 Å². The topological polar surface area (TPSA) is 107 Å². The first-order chi connectivity index (χ1) is 22.7. The summed E-state index contributed by atoms with van der Waals surface area (Å²) < 4.78 is 48.5. The van der Waals surface area contributed by atoms with E-state index in [1.807, 2.05) is 43.3 Å². The SMILES string of the molecule is CCCCOc1nc(Cl)nc2c1ncn2C1OC(CO[Si](c2ccccc2)(c2ccccc2)C(C)(C)C)C(OC(=O)OC(C)(C)C)C1F. The van der Waals surface area contributed by atoms with Gasteiger partial charge in [-0.3, -0.25) is 4.57 Å². The van der Waals surface area contributed by atoms with E-state index in [1.165, 1.54) is 10.9 Å². The van der Waals surface area contributed by atoms with Gasteiger partial charge < -0.3 is 23.4 Å². The highest BCUT2D eigenvalue weighted by Gasteiger charge is 2.54. The minimum atomic E-state index is -3.06. The van der Waals surface area contributed by atoms with Gasteiger partial charge in [0.2, 0.25) is 11.2 Å². The molecule has 0 amide bonds. The lowest BCUT2D eigenvalue weighted by Gasteiger charge is -2.43. The highest BCUT2D eigenvalue weighted by atomic mass is 35.5. The van der Waals surface area contributed by atoms with E-state index in [4.69, 9.17) is 35.0 Å². The van der Waals surface area contributed by atoms with E-state index in [0.717, 1.165) is 23.2 Å². The van der Waals surface area contributed by atoms with Crippen LogP contribution in [-0.4, -0.2) is 71.2 Å². The Kier molecular flexibility index (Phi) is 10.8. The number of hydrogen-bond acceptors (Lipinski definition) is 9. The maximum atomic E-state index is 16.7. The molecule has 0 N–H and O–H groups in total. The van der Waals surface area contributed by atoms with Crippen molar-refractivity contribution >= 4 is 47.6 Å². The standard InChI is InChI=1S/C35H44ClFN4O6Si/c1-8-9-20-43-30-27-29(39-32(36)40-30)41(22-38-27)31-26(37)28(46-33(42)47-34(2,3)4)25(45-31)21-44-48(35(5,6)7,23-16-12-10-13-17-23)24-18-14-11-15-19-24/h10-19,22,25-26,28,31H,8-9,20-21H2,1-7H3. The average Bonchev–Trinajstić information content (AvgIpc) is 3.57. The van der Waals surface area contributed by atoms with Crippen LogP contribution in [0.15, 0.2) is 67.0 Å². The van der Waals surface area contributed by atoms with Gasteiger partial charge in [0.25, 0.3) is 8.32 Å². The quantitative estimate of drug-likeness (QED) is 0.0724. The number of benzene rings is 2. The molecule has 1 fully saturated rings. The van der Waals surface area contributed by atoms with E-state index < -0.39 is 44.7 Å². The van der Waals surface area contributed by atoms with Gasteiger partial charge in [0.1, 0.15) is 11.7 Å². The molecule has 2 aromatic carbocycles. The second kappa shape index (κ2) is 14.5. The summed E-state index contributed by atoms with van der Waals surface area (Å²) in [5.41, 5.74) is -0.327. The molecule has 0 radical (unpaired) electrons. The highest BCUT2D eigenvalue weighted by Crippen LogP contribution is 2.40. The summed E-state index contributed by atoms with van der Waals surface area (Å²) in [6, 6.07) is 20.1. The van der Waals surface area contributed by atoms with Crippen molar-refractivity contribution in [3.8, 4) is 5.88 Å². The number of nitrogens with zero attached hydrogens (tertiary/aromatic N) is 4. The van der Waals surface area contributed by atoms with Crippen LogP contribution < -0.4 is 15.1 Å². The Balaban J connectivity index is 1.53. The number of halogens is 2. The first kappa shape index (κ1) is 35.7. The third-order valence-corrected chi connectivity index (χ3v) is 13.3. The lowest BCUT2D eigenvalue weighted by Crippen LogP contribution is -2.67. The van der Waals surface area contributed by atoms with Crippen LogP contribution in [0.4, 0.5) is 9.18 Å². The molecule has 4 unspecified atom stereocenters. The Morgan fingerprint density at radius 2 is 1.62 bits per heavy atom. The Bertz CT molecular complexity index is 1640. The Morgan fingerprint density at radius 3 is 2.19 bits per heavy atom. The molecule has 0 spiro atoms. The fourth-order valence-electron chi connectivity index (χ4n) is 6.01. The molecular weight excluding hydrogens is 655 g/mol. The van der Waals surface area contributed by atoms with Crippen molar-refractivity contribution < 1.29 is 32.6 Å². The van der Waals surface area contributed by atoms with E-state index >= 15 is 4.39 Å². The van der Waals surface area contributed by atoms with E-state index in [9.17, 15) is 4.79 Å². The predicted octanol–water partition coefficient (Wildman–Crippen LogP) is 6.79. The third kappa shape index (κ3) is 7.51. The molecule has 3 heterocycles. The Morgan fingerprint density at radius 1 is 1.00 bits per heavy atom. The van der Waals surface area contributed by atoms with E-state index in [-0.39, 0.29) is 28.5 Å². The van der Waals surface area contributed by atoms with Crippen molar-refractivity contribution in [2.75, 3.05) is 13.2 Å². The fourth-order valence-corrected chi connectivity index (χ4v) is 10.7. The molecule has 2 aromatic heterocycles. The number of alkyl halides is 1. The molecule has 4 atom stereocenters.